The molecule has 1 aliphatic heterocycles. The Morgan fingerprint density at radius 1 is 1.39 bits per heavy atom. The molecular weight excluding hydrogens is 222 g/mol. The molecular formula is C15H21N3. The molecule has 1 aromatic rings. The smallest absolute Gasteiger partial charge is 0.130 e. The summed E-state index contributed by atoms with van der Waals surface area (Å²) in [6.07, 6.45) is 1.21. The predicted molar refractivity (Wildman–Crippen MR) is 73.5 cm³/mol. The van der Waals surface area contributed by atoms with Gasteiger partial charge < -0.3 is 4.90 Å². The minimum Gasteiger partial charge on any atom is -0.356 e. The molecule has 3 heteroatoms. The predicted octanol–water partition coefficient (Wildman–Crippen LogP) is 3.13. The zero-order valence-corrected chi connectivity index (χ0v) is 11.7. The van der Waals surface area contributed by atoms with E-state index in [2.05, 4.69) is 36.7 Å². The van der Waals surface area contributed by atoms with Crippen LogP contribution in [-0.4, -0.2) is 18.1 Å². The molecule has 0 N–H and O–H groups in total. The van der Waals surface area contributed by atoms with Crippen molar-refractivity contribution in [1.82, 2.24) is 4.98 Å². The van der Waals surface area contributed by atoms with Crippen molar-refractivity contribution in [3.8, 4) is 6.07 Å². The summed E-state index contributed by atoms with van der Waals surface area (Å²) in [5.41, 5.74) is 1.97. The van der Waals surface area contributed by atoms with Crippen LogP contribution in [0.15, 0.2) is 12.1 Å². The second kappa shape index (κ2) is 4.61. The maximum Gasteiger partial charge on any atom is 0.130 e. The van der Waals surface area contributed by atoms with Gasteiger partial charge in [0.05, 0.1) is 11.6 Å². The molecule has 0 aliphatic carbocycles. The Hall–Kier alpha value is -1.56. The third kappa shape index (κ3) is 2.64. The van der Waals surface area contributed by atoms with E-state index in [1.807, 2.05) is 19.1 Å². The second-order valence-corrected chi connectivity index (χ2v) is 6.26. The summed E-state index contributed by atoms with van der Waals surface area (Å²) in [5, 5.41) is 9.01. The van der Waals surface area contributed by atoms with E-state index in [-0.39, 0.29) is 0 Å². The summed E-state index contributed by atoms with van der Waals surface area (Å²) < 4.78 is 0. The Morgan fingerprint density at radius 2 is 2.11 bits per heavy atom. The quantitative estimate of drug-likeness (QED) is 0.760. The van der Waals surface area contributed by atoms with Crippen molar-refractivity contribution in [3.63, 3.8) is 0 Å². The fraction of sp³-hybridized carbons (Fsp3) is 0.600. The molecule has 0 aromatic carbocycles. The van der Waals surface area contributed by atoms with E-state index in [0.717, 1.165) is 24.6 Å². The summed E-state index contributed by atoms with van der Waals surface area (Å²) in [6, 6.07) is 5.94. The molecule has 96 valence electrons. The van der Waals surface area contributed by atoms with Crippen LogP contribution in [0.1, 0.15) is 38.4 Å². The molecule has 0 bridgehead atoms. The van der Waals surface area contributed by atoms with Gasteiger partial charge in [0.25, 0.3) is 0 Å². The number of pyridine rings is 1. The van der Waals surface area contributed by atoms with Gasteiger partial charge in [-0.05, 0) is 36.8 Å². The molecule has 1 unspecified atom stereocenters. The molecule has 2 heterocycles. The van der Waals surface area contributed by atoms with Crippen LogP contribution in [0.5, 0.6) is 0 Å². The van der Waals surface area contributed by atoms with Crippen LogP contribution < -0.4 is 4.90 Å². The largest absolute Gasteiger partial charge is 0.356 e. The lowest BCUT2D eigenvalue weighted by molar-refractivity contribution is 0.263. The van der Waals surface area contributed by atoms with Crippen molar-refractivity contribution in [2.75, 3.05) is 18.0 Å². The Bertz CT molecular complexity index is 479. The van der Waals surface area contributed by atoms with Crippen LogP contribution in [0.3, 0.4) is 0 Å². The van der Waals surface area contributed by atoms with Crippen LogP contribution >= 0.6 is 0 Å². The first-order valence-electron chi connectivity index (χ1n) is 6.54. The highest BCUT2D eigenvalue weighted by atomic mass is 15.2. The van der Waals surface area contributed by atoms with Crippen LogP contribution in [0.25, 0.3) is 0 Å². The highest BCUT2D eigenvalue weighted by Gasteiger charge is 2.32. The van der Waals surface area contributed by atoms with Crippen molar-refractivity contribution in [2.24, 2.45) is 11.3 Å². The summed E-state index contributed by atoms with van der Waals surface area (Å²) in [7, 11) is 0. The number of aryl methyl sites for hydroxylation is 1. The Kier molecular flexibility index (Phi) is 3.30. The van der Waals surface area contributed by atoms with E-state index in [4.69, 9.17) is 5.26 Å². The number of hydrogen-bond acceptors (Lipinski definition) is 3. The lowest BCUT2D eigenvalue weighted by atomic mass is 9.80. The molecule has 3 nitrogen and oxygen atoms in total. The number of nitrogens with zero attached hydrogens (tertiary/aromatic N) is 3. The number of hydrogen-bond donors (Lipinski definition) is 0. The van der Waals surface area contributed by atoms with Gasteiger partial charge in [-0.1, -0.05) is 20.8 Å². The van der Waals surface area contributed by atoms with Gasteiger partial charge in [-0.3, -0.25) is 0 Å². The van der Waals surface area contributed by atoms with Crippen molar-refractivity contribution in [2.45, 2.75) is 34.1 Å². The SMILES string of the molecule is Cc1cc(C#N)cc(N2CCC(C(C)(C)C)C2)n1. The van der Waals surface area contributed by atoms with Gasteiger partial charge in [0.2, 0.25) is 0 Å². The van der Waals surface area contributed by atoms with Crippen molar-refractivity contribution < 1.29 is 0 Å². The summed E-state index contributed by atoms with van der Waals surface area (Å²) in [4.78, 5) is 6.86. The molecule has 2 rings (SSSR count). The number of aromatic nitrogens is 1. The van der Waals surface area contributed by atoms with Gasteiger partial charge in [-0.15, -0.1) is 0 Å². The maximum absolute atomic E-state index is 9.01. The fourth-order valence-corrected chi connectivity index (χ4v) is 2.55. The monoisotopic (exact) mass is 243 g/mol. The highest BCUT2D eigenvalue weighted by molar-refractivity contribution is 5.47. The zero-order chi connectivity index (χ0) is 13.3. The molecule has 1 aromatic heterocycles. The first-order chi connectivity index (χ1) is 8.40. The lowest BCUT2D eigenvalue weighted by Gasteiger charge is -2.27. The van der Waals surface area contributed by atoms with E-state index < -0.39 is 0 Å². The molecule has 1 aliphatic rings. The van der Waals surface area contributed by atoms with Gasteiger partial charge in [-0.2, -0.15) is 5.26 Å². The topological polar surface area (TPSA) is 39.9 Å². The first-order valence-corrected chi connectivity index (χ1v) is 6.54. The van der Waals surface area contributed by atoms with Crippen molar-refractivity contribution in [1.29, 1.82) is 5.26 Å². The summed E-state index contributed by atoms with van der Waals surface area (Å²) >= 11 is 0. The average molecular weight is 243 g/mol. The third-order valence-electron chi connectivity index (χ3n) is 3.81. The molecule has 0 saturated carbocycles. The molecule has 0 radical (unpaired) electrons. The standard InChI is InChI=1S/C15H21N3/c1-11-7-12(9-16)8-14(17-11)18-6-5-13(10-18)15(2,3)4/h7-8,13H,5-6,10H2,1-4H3. The van der Waals surface area contributed by atoms with E-state index in [0.29, 0.717) is 16.9 Å². The maximum atomic E-state index is 9.01. The Morgan fingerprint density at radius 3 is 2.67 bits per heavy atom. The fourth-order valence-electron chi connectivity index (χ4n) is 2.55. The minimum atomic E-state index is 0.344. The first kappa shape index (κ1) is 12.9. The van der Waals surface area contributed by atoms with Gasteiger partial charge in [0.1, 0.15) is 5.82 Å². The van der Waals surface area contributed by atoms with Crippen molar-refractivity contribution >= 4 is 5.82 Å². The third-order valence-corrected chi connectivity index (χ3v) is 3.81. The highest BCUT2D eigenvalue weighted by Crippen LogP contribution is 2.35. The normalized spacial score (nSPS) is 19.9. The lowest BCUT2D eigenvalue weighted by Crippen LogP contribution is -2.26. The minimum absolute atomic E-state index is 0.344. The molecule has 18 heavy (non-hydrogen) atoms. The van der Waals surface area contributed by atoms with Crippen LogP contribution in [0.4, 0.5) is 5.82 Å². The number of nitriles is 1. The van der Waals surface area contributed by atoms with Gasteiger partial charge in [0, 0.05) is 18.8 Å². The average Bonchev–Trinajstić information content (AvgIpc) is 2.77. The molecule has 1 saturated heterocycles. The zero-order valence-electron chi connectivity index (χ0n) is 11.7. The number of rotatable bonds is 1. The molecule has 0 spiro atoms. The molecule has 0 amide bonds. The van der Waals surface area contributed by atoms with E-state index in [1.165, 1.54) is 6.42 Å². The van der Waals surface area contributed by atoms with E-state index in [9.17, 15) is 0 Å². The van der Waals surface area contributed by atoms with Gasteiger partial charge in [0.15, 0.2) is 0 Å². The second-order valence-electron chi connectivity index (χ2n) is 6.26. The van der Waals surface area contributed by atoms with Crippen LogP contribution in [0.2, 0.25) is 0 Å². The van der Waals surface area contributed by atoms with Crippen molar-refractivity contribution in [3.05, 3.63) is 23.4 Å². The van der Waals surface area contributed by atoms with Gasteiger partial charge >= 0.3 is 0 Å². The van der Waals surface area contributed by atoms with E-state index >= 15 is 0 Å². The molecule has 1 atom stereocenters. The van der Waals surface area contributed by atoms with Crippen LogP contribution in [0, 0.1) is 29.6 Å². The van der Waals surface area contributed by atoms with E-state index in [1.54, 1.807) is 0 Å². The van der Waals surface area contributed by atoms with Crippen LogP contribution in [-0.2, 0) is 0 Å². The Labute approximate surface area is 109 Å². The molecule has 1 fully saturated rings. The Balaban J connectivity index is 2.20. The van der Waals surface area contributed by atoms with Gasteiger partial charge in [-0.25, -0.2) is 4.98 Å². The summed E-state index contributed by atoms with van der Waals surface area (Å²) in [6.45, 7) is 10.9. The summed E-state index contributed by atoms with van der Waals surface area (Å²) in [5.74, 6) is 1.66. The number of anilines is 1.